The van der Waals surface area contributed by atoms with Gasteiger partial charge in [-0.25, -0.2) is 4.79 Å². The third kappa shape index (κ3) is 3.45. The summed E-state index contributed by atoms with van der Waals surface area (Å²) in [4.78, 5) is 22.9. The monoisotopic (exact) mass is 325 g/mol. The fraction of sp³-hybridized carbons (Fsp3) is 0. The van der Waals surface area contributed by atoms with Crippen LogP contribution >= 0.6 is 23.2 Å². The Morgan fingerprint density at radius 3 is 2.29 bits per heavy atom. The van der Waals surface area contributed by atoms with Crippen LogP contribution in [0.4, 0.5) is 5.69 Å². The third-order valence-electron chi connectivity index (χ3n) is 2.65. The lowest BCUT2D eigenvalue weighted by Crippen LogP contribution is -2.12. The van der Waals surface area contributed by atoms with E-state index >= 15 is 0 Å². The Labute approximate surface area is 129 Å². The van der Waals surface area contributed by atoms with Crippen LogP contribution < -0.4 is 5.32 Å². The second-order valence-electron chi connectivity index (χ2n) is 4.12. The Balaban J connectivity index is 2.26. The van der Waals surface area contributed by atoms with Crippen molar-refractivity contribution in [1.82, 2.24) is 0 Å². The normalized spacial score (nSPS) is 10.2. The highest BCUT2D eigenvalue weighted by atomic mass is 35.5. The van der Waals surface area contributed by atoms with Crippen LogP contribution in [-0.4, -0.2) is 22.1 Å². The van der Waals surface area contributed by atoms with Gasteiger partial charge in [0.05, 0.1) is 21.2 Å². The van der Waals surface area contributed by atoms with E-state index < -0.39 is 11.9 Å². The van der Waals surface area contributed by atoms with E-state index in [0.717, 1.165) is 0 Å². The van der Waals surface area contributed by atoms with Gasteiger partial charge in [0.1, 0.15) is 5.75 Å². The SMILES string of the molecule is O=C(O)c1ccc(NC(=O)c2cc(O)ccc2Cl)cc1Cl. The van der Waals surface area contributed by atoms with E-state index in [1.165, 1.54) is 36.4 Å². The number of anilines is 1. The van der Waals surface area contributed by atoms with Crippen LogP contribution in [0.1, 0.15) is 20.7 Å². The molecule has 108 valence electrons. The van der Waals surface area contributed by atoms with E-state index in [4.69, 9.17) is 28.3 Å². The maximum absolute atomic E-state index is 12.1. The molecule has 0 aliphatic rings. The van der Waals surface area contributed by atoms with Crippen LogP contribution in [0.5, 0.6) is 5.75 Å². The number of carboxylic acids is 1. The van der Waals surface area contributed by atoms with Crippen LogP contribution in [0, 0.1) is 0 Å². The van der Waals surface area contributed by atoms with Gasteiger partial charge < -0.3 is 15.5 Å². The van der Waals surface area contributed by atoms with Crippen LogP contribution in [0.15, 0.2) is 36.4 Å². The molecule has 21 heavy (non-hydrogen) atoms. The largest absolute Gasteiger partial charge is 0.508 e. The van der Waals surface area contributed by atoms with Crippen molar-refractivity contribution >= 4 is 40.8 Å². The number of aromatic hydroxyl groups is 1. The molecule has 0 heterocycles. The number of rotatable bonds is 3. The zero-order valence-corrected chi connectivity index (χ0v) is 11.9. The highest BCUT2D eigenvalue weighted by Crippen LogP contribution is 2.24. The minimum absolute atomic E-state index is 0.00214. The number of halogens is 2. The maximum Gasteiger partial charge on any atom is 0.337 e. The van der Waals surface area contributed by atoms with Crippen molar-refractivity contribution in [1.29, 1.82) is 0 Å². The minimum atomic E-state index is -1.16. The molecule has 2 aromatic carbocycles. The number of nitrogens with one attached hydrogen (secondary N) is 1. The highest BCUT2D eigenvalue weighted by molar-refractivity contribution is 6.35. The summed E-state index contributed by atoms with van der Waals surface area (Å²) in [5, 5.41) is 20.9. The summed E-state index contributed by atoms with van der Waals surface area (Å²) in [6.45, 7) is 0. The van der Waals surface area contributed by atoms with E-state index in [9.17, 15) is 14.7 Å². The van der Waals surface area contributed by atoms with E-state index in [-0.39, 0.29) is 26.9 Å². The third-order valence-corrected chi connectivity index (χ3v) is 3.29. The van der Waals surface area contributed by atoms with Crippen molar-refractivity contribution in [2.24, 2.45) is 0 Å². The molecule has 3 N–H and O–H groups in total. The van der Waals surface area contributed by atoms with Gasteiger partial charge in [-0.1, -0.05) is 23.2 Å². The van der Waals surface area contributed by atoms with Crippen LogP contribution in [0.2, 0.25) is 10.0 Å². The maximum atomic E-state index is 12.1. The van der Waals surface area contributed by atoms with Gasteiger partial charge in [0.15, 0.2) is 0 Å². The van der Waals surface area contributed by atoms with Crippen LogP contribution in [0.25, 0.3) is 0 Å². The first kappa shape index (κ1) is 15.2. The van der Waals surface area contributed by atoms with Gasteiger partial charge in [-0.15, -0.1) is 0 Å². The zero-order chi connectivity index (χ0) is 15.6. The number of benzene rings is 2. The smallest absolute Gasteiger partial charge is 0.337 e. The molecule has 0 aromatic heterocycles. The molecule has 0 spiro atoms. The van der Waals surface area contributed by atoms with Gasteiger partial charge in [0, 0.05) is 5.69 Å². The predicted molar refractivity (Wildman–Crippen MR) is 79.5 cm³/mol. The van der Waals surface area contributed by atoms with Crippen molar-refractivity contribution in [2.75, 3.05) is 5.32 Å². The van der Waals surface area contributed by atoms with Gasteiger partial charge >= 0.3 is 5.97 Å². The number of carboxylic acid groups (broad SMARTS) is 1. The number of amides is 1. The van der Waals surface area contributed by atoms with Crippen molar-refractivity contribution < 1.29 is 19.8 Å². The minimum Gasteiger partial charge on any atom is -0.508 e. The standard InChI is InChI=1S/C14H9Cl2NO4/c15-11-4-2-8(18)6-10(11)13(19)17-7-1-3-9(14(20)21)12(16)5-7/h1-6,18H,(H,17,19)(H,20,21). The Morgan fingerprint density at radius 1 is 0.952 bits per heavy atom. The number of hydrogen-bond donors (Lipinski definition) is 3. The van der Waals surface area contributed by atoms with E-state index in [1.807, 2.05) is 0 Å². The summed E-state index contributed by atoms with van der Waals surface area (Å²) in [5.74, 6) is -1.80. The molecule has 0 radical (unpaired) electrons. The average Bonchev–Trinajstić information content (AvgIpc) is 2.41. The summed E-state index contributed by atoms with van der Waals surface area (Å²) < 4.78 is 0. The zero-order valence-electron chi connectivity index (χ0n) is 10.4. The number of aromatic carboxylic acids is 1. The van der Waals surface area contributed by atoms with Gasteiger partial charge in [-0.3, -0.25) is 4.79 Å². The fourth-order valence-electron chi connectivity index (χ4n) is 1.65. The molecule has 0 bridgehead atoms. The van der Waals surface area contributed by atoms with E-state index in [1.54, 1.807) is 0 Å². The number of carbonyl (C=O) groups is 2. The van der Waals surface area contributed by atoms with Gasteiger partial charge in [-0.05, 0) is 36.4 Å². The molecule has 0 saturated heterocycles. The lowest BCUT2D eigenvalue weighted by atomic mass is 10.1. The number of carbonyl (C=O) groups excluding carboxylic acids is 1. The summed E-state index contributed by atoms with van der Waals surface area (Å²) in [7, 11) is 0. The summed E-state index contributed by atoms with van der Waals surface area (Å²) >= 11 is 11.7. The lowest BCUT2D eigenvalue weighted by molar-refractivity contribution is 0.0697. The summed E-state index contributed by atoms with van der Waals surface area (Å²) in [6.07, 6.45) is 0. The number of phenols is 1. The first-order valence-electron chi connectivity index (χ1n) is 5.71. The van der Waals surface area contributed by atoms with Crippen molar-refractivity contribution in [3.63, 3.8) is 0 Å². The van der Waals surface area contributed by atoms with E-state index in [2.05, 4.69) is 5.32 Å². The van der Waals surface area contributed by atoms with Crippen molar-refractivity contribution in [3.05, 3.63) is 57.6 Å². The van der Waals surface area contributed by atoms with Crippen LogP contribution in [0.3, 0.4) is 0 Å². The Bertz CT molecular complexity index is 731. The first-order valence-corrected chi connectivity index (χ1v) is 6.47. The predicted octanol–water partition coefficient (Wildman–Crippen LogP) is 3.65. The Hall–Kier alpha value is -2.24. The van der Waals surface area contributed by atoms with E-state index in [0.29, 0.717) is 5.69 Å². The highest BCUT2D eigenvalue weighted by Gasteiger charge is 2.14. The fourth-order valence-corrected chi connectivity index (χ4v) is 2.12. The van der Waals surface area contributed by atoms with Gasteiger partial charge in [0.25, 0.3) is 5.91 Å². The molecule has 7 heteroatoms. The molecular formula is C14H9Cl2NO4. The summed E-state index contributed by atoms with van der Waals surface area (Å²) in [5.41, 5.74) is 0.342. The Kier molecular flexibility index (Phi) is 4.35. The van der Waals surface area contributed by atoms with Gasteiger partial charge in [-0.2, -0.15) is 0 Å². The Morgan fingerprint density at radius 2 is 1.67 bits per heavy atom. The topological polar surface area (TPSA) is 86.6 Å². The number of phenolic OH excluding ortho intramolecular Hbond substituents is 1. The molecule has 5 nitrogen and oxygen atoms in total. The second-order valence-corrected chi connectivity index (χ2v) is 4.93. The van der Waals surface area contributed by atoms with Crippen molar-refractivity contribution in [2.45, 2.75) is 0 Å². The molecule has 0 saturated carbocycles. The quantitative estimate of drug-likeness (QED) is 0.803. The summed E-state index contributed by atoms with van der Waals surface area (Å²) in [6, 6.07) is 7.99. The number of hydrogen-bond acceptors (Lipinski definition) is 3. The lowest BCUT2D eigenvalue weighted by Gasteiger charge is -2.08. The second kappa shape index (κ2) is 6.03. The molecule has 2 rings (SSSR count). The molecule has 0 fully saturated rings. The average molecular weight is 326 g/mol. The van der Waals surface area contributed by atoms with Crippen LogP contribution in [-0.2, 0) is 0 Å². The molecule has 0 unspecified atom stereocenters. The molecule has 1 amide bonds. The molecule has 0 aliphatic heterocycles. The molecule has 2 aromatic rings. The first-order chi connectivity index (χ1) is 9.88. The molecule has 0 atom stereocenters. The van der Waals surface area contributed by atoms with Crippen molar-refractivity contribution in [3.8, 4) is 5.75 Å². The molecule has 0 aliphatic carbocycles. The molecular weight excluding hydrogens is 317 g/mol. The van der Waals surface area contributed by atoms with Gasteiger partial charge in [0.2, 0.25) is 0 Å².